The van der Waals surface area contributed by atoms with Crippen molar-refractivity contribution >= 4 is 0 Å². The van der Waals surface area contributed by atoms with Gasteiger partial charge >= 0.3 is 6.18 Å². The Morgan fingerprint density at radius 1 is 1.18 bits per heavy atom. The monoisotopic (exact) mass is 249 g/mol. The molecule has 5 heteroatoms. The van der Waals surface area contributed by atoms with Crippen molar-refractivity contribution < 1.29 is 17.6 Å². The van der Waals surface area contributed by atoms with E-state index in [1.165, 1.54) is 6.07 Å². The summed E-state index contributed by atoms with van der Waals surface area (Å²) in [4.78, 5) is 0. The summed E-state index contributed by atoms with van der Waals surface area (Å²) in [5.41, 5.74) is 4.34. The minimum Gasteiger partial charge on any atom is -0.326 e. The second kappa shape index (κ2) is 4.64. The smallest absolute Gasteiger partial charge is 0.326 e. The summed E-state index contributed by atoms with van der Waals surface area (Å²) in [5.74, 6) is -0.881. The van der Waals surface area contributed by atoms with Gasteiger partial charge in [-0.2, -0.15) is 13.2 Å². The molecular formula is C12H15F4N. The van der Waals surface area contributed by atoms with Crippen molar-refractivity contribution in [2.24, 2.45) is 5.73 Å². The van der Waals surface area contributed by atoms with Gasteiger partial charge in [0.25, 0.3) is 0 Å². The first-order chi connectivity index (χ1) is 7.59. The molecule has 0 radical (unpaired) electrons. The fraction of sp³-hybridized carbons (Fsp3) is 0.500. The molecular weight excluding hydrogens is 234 g/mol. The lowest BCUT2D eigenvalue weighted by atomic mass is 9.94. The second-order valence-electron chi connectivity index (χ2n) is 4.79. The number of hydrogen-bond donors (Lipinski definition) is 1. The third-order valence-corrected chi connectivity index (χ3v) is 2.42. The van der Waals surface area contributed by atoms with Crippen LogP contribution in [0.25, 0.3) is 0 Å². The highest BCUT2D eigenvalue weighted by Crippen LogP contribution is 2.33. The van der Waals surface area contributed by atoms with Crippen LogP contribution in [0, 0.1) is 5.82 Å². The first-order valence-electron chi connectivity index (χ1n) is 5.24. The van der Waals surface area contributed by atoms with Crippen LogP contribution in [0.2, 0.25) is 0 Å². The van der Waals surface area contributed by atoms with Crippen molar-refractivity contribution in [1.82, 2.24) is 0 Å². The highest BCUT2D eigenvalue weighted by molar-refractivity contribution is 5.30. The van der Waals surface area contributed by atoms with Gasteiger partial charge < -0.3 is 5.73 Å². The molecule has 0 heterocycles. The van der Waals surface area contributed by atoms with Crippen molar-refractivity contribution in [3.8, 4) is 0 Å². The van der Waals surface area contributed by atoms with E-state index in [1.807, 2.05) is 0 Å². The molecule has 96 valence electrons. The van der Waals surface area contributed by atoms with E-state index in [0.717, 1.165) is 6.07 Å². The molecule has 0 amide bonds. The maximum absolute atomic E-state index is 12.8. The van der Waals surface area contributed by atoms with Gasteiger partial charge in [0.15, 0.2) is 0 Å². The molecule has 17 heavy (non-hydrogen) atoms. The number of alkyl halides is 3. The molecule has 0 aliphatic heterocycles. The summed E-state index contributed by atoms with van der Waals surface area (Å²) in [6, 6.07) is 2.73. The summed E-state index contributed by atoms with van der Waals surface area (Å²) >= 11 is 0. The van der Waals surface area contributed by atoms with Crippen molar-refractivity contribution in [3.05, 3.63) is 35.1 Å². The third kappa shape index (κ3) is 4.34. The van der Waals surface area contributed by atoms with E-state index >= 15 is 0 Å². The summed E-state index contributed by atoms with van der Waals surface area (Å²) in [7, 11) is 0. The van der Waals surface area contributed by atoms with E-state index in [4.69, 9.17) is 5.73 Å². The van der Waals surface area contributed by atoms with E-state index in [0.29, 0.717) is 12.5 Å². The molecule has 1 rings (SSSR count). The van der Waals surface area contributed by atoms with Gasteiger partial charge in [0.2, 0.25) is 0 Å². The van der Waals surface area contributed by atoms with Gasteiger partial charge in [-0.05, 0) is 44.4 Å². The Labute approximate surface area is 97.6 Å². The summed E-state index contributed by atoms with van der Waals surface area (Å²) in [6.07, 6.45) is -3.95. The number of rotatable bonds is 3. The maximum Gasteiger partial charge on any atom is 0.416 e. The molecule has 0 saturated carbocycles. The Morgan fingerprint density at radius 2 is 1.76 bits per heavy atom. The molecule has 0 unspecified atom stereocenters. The van der Waals surface area contributed by atoms with Crippen LogP contribution in [0.15, 0.2) is 18.2 Å². The molecule has 0 saturated heterocycles. The Balaban J connectivity index is 2.99. The van der Waals surface area contributed by atoms with Gasteiger partial charge in [0.1, 0.15) is 5.82 Å². The molecule has 0 atom stereocenters. The summed E-state index contributed by atoms with van der Waals surface area (Å²) in [5, 5.41) is 0. The molecule has 1 aromatic rings. The highest BCUT2D eigenvalue weighted by atomic mass is 19.4. The standard InChI is InChI=1S/C12H15F4N/c1-11(2,17)6-5-8-3-4-9(13)7-10(8)12(14,15)16/h3-4,7H,5-6,17H2,1-2H3. The Kier molecular flexibility index (Phi) is 3.81. The predicted molar refractivity (Wildman–Crippen MR) is 58.0 cm³/mol. The first-order valence-corrected chi connectivity index (χ1v) is 5.24. The van der Waals surface area contributed by atoms with Crippen molar-refractivity contribution in [3.63, 3.8) is 0 Å². The van der Waals surface area contributed by atoms with Crippen LogP contribution in [-0.2, 0) is 12.6 Å². The molecule has 0 aliphatic carbocycles. The molecule has 2 N–H and O–H groups in total. The topological polar surface area (TPSA) is 26.0 Å². The Morgan fingerprint density at radius 3 is 2.24 bits per heavy atom. The van der Waals surface area contributed by atoms with Crippen LogP contribution in [0.1, 0.15) is 31.4 Å². The third-order valence-electron chi connectivity index (χ3n) is 2.42. The number of benzene rings is 1. The van der Waals surface area contributed by atoms with Gasteiger partial charge in [0, 0.05) is 5.54 Å². The molecule has 1 aromatic carbocycles. The van der Waals surface area contributed by atoms with Gasteiger partial charge in [-0.1, -0.05) is 6.07 Å². The van der Waals surface area contributed by atoms with Crippen LogP contribution in [0.5, 0.6) is 0 Å². The normalized spacial score (nSPS) is 12.9. The lowest BCUT2D eigenvalue weighted by molar-refractivity contribution is -0.138. The first kappa shape index (κ1) is 14.0. The van der Waals surface area contributed by atoms with E-state index in [9.17, 15) is 17.6 Å². The number of nitrogens with two attached hydrogens (primary N) is 1. The molecule has 0 spiro atoms. The number of hydrogen-bond acceptors (Lipinski definition) is 1. The number of halogens is 4. The molecule has 0 bridgehead atoms. The fourth-order valence-electron chi connectivity index (χ4n) is 1.49. The zero-order valence-electron chi connectivity index (χ0n) is 9.74. The largest absolute Gasteiger partial charge is 0.416 e. The maximum atomic E-state index is 12.8. The van der Waals surface area contributed by atoms with Gasteiger partial charge in [-0.3, -0.25) is 0 Å². The van der Waals surface area contributed by atoms with Crippen LogP contribution >= 0.6 is 0 Å². The van der Waals surface area contributed by atoms with Gasteiger partial charge in [-0.15, -0.1) is 0 Å². The van der Waals surface area contributed by atoms with Crippen LogP contribution in [0.3, 0.4) is 0 Å². The van der Waals surface area contributed by atoms with Crippen LogP contribution in [0.4, 0.5) is 17.6 Å². The van der Waals surface area contributed by atoms with Crippen molar-refractivity contribution in [1.29, 1.82) is 0 Å². The zero-order valence-corrected chi connectivity index (χ0v) is 9.74. The van der Waals surface area contributed by atoms with Crippen molar-refractivity contribution in [2.75, 3.05) is 0 Å². The number of aryl methyl sites for hydroxylation is 1. The lowest BCUT2D eigenvalue weighted by Crippen LogP contribution is -2.32. The van der Waals surface area contributed by atoms with E-state index in [-0.39, 0.29) is 12.0 Å². The average molecular weight is 249 g/mol. The molecule has 0 aliphatic rings. The van der Waals surface area contributed by atoms with E-state index in [1.54, 1.807) is 13.8 Å². The lowest BCUT2D eigenvalue weighted by Gasteiger charge is -2.20. The van der Waals surface area contributed by atoms with Crippen molar-refractivity contribution in [2.45, 2.75) is 38.4 Å². The zero-order chi connectivity index (χ0) is 13.3. The fourth-order valence-corrected chi connectivity index (χ4v) is 1.49. The van der Waals surface area contributed by atoms with Gasteiger partial charge in [-0.25, -0.2) is 4.39 Å². The average Bonchev–Trinajstić information content (AvgIpc) is 2.13. The van der Waals surface area contributed by atoms with E-state index in [2.05, 4.69) is 0 Å². The van der Waals surface area contributed by atoms with Crippen LogP contribution in [-0.4, -0.2) is 5.54 Å². The van der Waals surface area contributed by atoms with Gasteiger partial charge in [0.05, 0.1) is 5.56 Å². The van der Waals surface area contributed by atoms with Crippen LogP contribution < -0.4 is 5.73 Å². The SMILES string of the molecule is CC(C)(N)CCc1ccc(F)cc1C(F)(F)F. The minimum atomic E-state index is -4.53. The Hall–Kier alpha value is -1.10. The summed E-state index contributed by atoms with van der Waals surface area (Å²) < 4.78 is 50.8. The van der Waals surface area contributed by atoms with E-state index < -0.39 is 23.1 Å². The molecule has 1 nitrogen and oxygen atoms in total. The quantitative estimate of drug-likeness (QED) is 0.815. The molecule has 0 fully saturated rings. The summed E-state index contributed by atoms with van der Waals surface area (Å²) in [6.45, 7) is 3.48. The predicted octanol–water partition coefficient (Wildman–Crippen LogP) is 3.51. The second-order valence-corrected chi connectivity index (χ2v) is 4.79. The molecule has 0 aromatic heterocycles. The Bertz CT molecular complexity index is 390. The minimum absolute atomic E-state index is 0.0809. The highest BCUT2D eigenvalue weighted by Gasteiger charge is 2.33.